The molecule has 2 amide bonds. The highest BCUT2D eigenvalue weighted by Gasteiger charge is 2.21. The zero-order valence-corrected chi connectivity index (χ0v) is 19.9. The van der Waals surface area contributed by atoms with Crippen molar-refractivity contribution in [2.24, 2.45) is 0 Å². The number of hydrogen-bond donors (Lipinski definition) is 3. The highest BCUT2D eigenvalue weighted by atomic mass is 35.5. The molecule has 11 heteroatoms. The van der Waals surface area contributed by atoms with Crippen LogP contribution in [0.2, 0.25) is 10.0 Å². The van der Waals surface area contributed by atoms with Crippen LogP contribution in [0.15, 0.2) is 54.9 Å². The first-order valence-corrected chi connectivity index (χ1v) is 10.9. The van der Waals surface area contributed by atoms with Crippen LogP contribution in [0.5, 0.6) is 0 Å². The minimum Gasteiger partial charge on any atom is -0.382 e. The second-order valence-electron chi connectivity index (χ2n) is 7.81. The lowest BCUT2D eigenvalue weighted by Crippen LogP contribution is -2.19. The van der Waals surface area contributed by atoms with Crippen molar-refractivity contribution in [1.29, 1.82) is 0 Å². The molecule has 0 saturated heterocycles. The van der Waals surface area contributed by atoms with Crippen LogP contribution in [0, 0.1) is 0 Å². The summed E-state index contributed by atoms with van der Waals surface area (Å²) in [6.07, 6.45) is 1.35. The van der Waals surface area contributed by atoms with Crippen molar-refractivity contribution >= 4 is 57.7 Å². The topological polar surface area (TPSA) is 118 Å². The average Bonchev–Trinajstić information content (AvgIpc) is 3.14. The van der Waals surface area contributed by atoms with Crippen LogP contribution in [0.3, 0.4) is 0 Å². The van der Waals surface area contributed by atoms with Gasteiger partial charge in [-0.1, -0.05) is 35.3 Å². The third-order valence-corrected chi connectivity index (χ3v) is 5.49. The average molecular weight is 498 g/mol. The standard InChI is InChI=1S/C23H21Cl2N7O2/c1-31(2)11-16-10-17(20-22(26)27-12-28-32(16)20)21(33)13-4-3-5-15(8-13)29-23(34)30-19-7-6-14(24)9-18(19)25/h3-10,12H,11H2,1-2H3,(H2,26,27,28)(H2,29,30,34). The molecule has 4 N–H and O–H groups in total. The maximum Gasteiger partial charge on any atom is 0.323 e. The number of carbonyl (C=O) groups excluding carboxylic acids is 2. The van der Waals surface area contributed by atoms with E-state index in [-0.39, 0.29) is 11.6 Å². The summed E-state index contributed by atoms with van der Waals surface area (Å²) in [4.78, 5) is 31.9. The zero-order valence-electron chi connectivity index (χ0n) is 18.3. The second-order valence-corrected chi connectivity index (χ2v) is 8.65. The number of carbonyl (C=O) groups is 2. The molecule has 2 aromatic heterocycles. The van der Waals surface area contributed by atoms with Crippen molar-refractivity contribution in [2.75, 3.05) is 30.5 Å². The SMILES string of the molecule is CN(C)Cc1cc(C(=O)c2cccc(NC(=O)Nc3ccc(Cl)cc3Cl)c2)c2c(N)ncnn12. The van der Waals surface area contributed by atoms with Gasteiger partial charge in [-0.05, 0) is 50.5 Å². The summed E-state index contributed by atoms with van der Waals surface area (Å²) in [7, 11) is 3.84. The molecule has 0 saturated carbocycles. The Morgan fingerprint density at radius 3 is 2.62 bits per heavy atom. The van der Waals surface area contributed by atoms with Crippen LogP contribution < -0.4 is 16.4 Å². The van der Waals surface area contributed by atoms with Crippen LogP contribution in [0.1, 0.15) is 21.6 Å². The predicted octanol–water partition coefficient (Wildman–Crippen LogP) is 4.55. The predicted molar refractivity (Wildman–Crippen MR) is 134 cm³/mol. The van der Waals surface area contributed by atoms with Gasteiger partial charge in [0.25, 0.3) is 0 Å². The summed E-state index contributed by atoms with van der Waals surface area (Å²) >= 11 is 12.0. The Balaban J connectivity index is 1.60. The molecular formula is C23H21Cl2N7O2. The molecule has 0 bridgehead atoms. The van der Waals surface area contributed by atoms with Crippen LogP contribution in [0.4, 0.5) is 22.0 Å². The molecule has 0 radical (unpaired) electrons. The fraction of sp³-hybridized carbons (Fsp3) is 0.130. The molecule has 2 aromatic carbocycles. The molecule has 0 aliphatic carbocycles. The number of benzene rings is 2. The van der Waals surface area contributed by atoms with E-state index in [0.717, 1.165) is 5.69 Å². The lowest BCUT2D eigenvalue weighted by molar-refractivity contribution is 0.104. The lowest BCUT2D eigenvalue weighted by atomic mass is 10.0. The first-order valence-electron chi connectivity index (χ1n) is 10.2. The number of halogens is 2. The van der Waals surface area contributed by atoms with Crippen LogP contribution >= 0.6 is 23.2 Å². The second kappa shape index (κ2) is 9.68. The smallest absolute Gasteiger partial charge is 0.323 e. The van der Waals surface area contributed by atoms with Crippen molar-refractivity contribution in [2.45, 2.75) is 6.54 Å². The van der Waals surface area contributed by atoms with Gasteiger partial charge in [-0.25, -0.2) is 14.3 Å². The molecule has 0 aliphatic heterocycles. The third-order valence-electron chi connectivity index (χ3n) is 4.94. The van der Waals surface area contributed by atoms with Gasteiger partial charge in [-0.3, -0.25) is 4.79 Å². The van der Waals surface area contributed by atoms with Gasteiger partial charge in [0, 0.05) is 22.8 Å². The quantitative estimate of drug-likeness (QED) is 0.336. The molecule has 0 fully saturated rings. The normalized spacial score (nSPS) is 11.1. The number of hydrogen-bond acceptors (Lipinski definition) is 6. The molecule has 0 atom stereocenters. The van der Waals surface area contributed by atoms with E-state index in [1.165, 1.54) is 12.4 Å². The Labute approximate surface area is 205 Å². The van der Waals surface area contributed by atoms with Crippen molar-refractivity contribution < 1.29 is 9.59 Å². The number of nitrogens with one attached hydrogen (secondary N) is 2. The molecule has 34 heavy (non-hydrogen) atoms. The lowest BCUT2D eigenvalue weighted by Gasteiger charge is -2.10. The molecule has 0 unspecified atom stereocenters. The van der Waals surface area contributed by atoms with Crippen molar-refractivity contribution in [3.8, 4) is 0 Å². The maximum atomic E-state index is 13.4. The summed E-state index contributed by atoms with van der Waals surface area (Å²) in [6.45, 7) is 0.555. The summed E-state index contributed by atoms with van der Waals surface area (Å²) in [6, 6.07) is 12.6. The van der Waals surface area contributed by atoms with Gasteiger partial charge in [-0.2, -0.15) is 5.10 Å². The van der Waals surface area contributed by atoms with Crippen molar-refractivity contribution in [3.63, 3.8) is 0 Å². The van der Waals surface area contributed by atoms with Crippen LogP contribution in [-0.2, 0) is 6.54 Å². The molecule has 0 aliphatic rings. The van der Waals surface area contributed by atoms with Gasteiger partial charge in [0.1, 0.15) is 11.8 Å². The number of aromatic nitrogens is 3. The van der Waals surface area contributed by atoms with Gasteiger partial charge in [0.05, 0.1) is 22.0 Å². The Hall–Kier alpha value is -3.66. The first kappa shape index (κ1) is 23.5. The third kappa shape index (κ3) is 4.96. The highest BCUT2D eigenvalue weighted by Crippen LogP contribution is 2.27. The Morgan fingerprint density at radius 1 is 1.09 bits per heavy atom. The number of amides is 2. The van der Waals surface area contributed by atoms with E-state index in [2.05, 4.69) is 20.7 Å². The zero-order chi connectivity index (χ0) is 24.4. The van der Waals surface area contributed by atoms with E-state index in [1.807, 2.05) is 19.0 Å². The number of nitrogen functional groups attached to an aromatic ring is 1. The molecule has 4 rings (SSSR count). The number of rotatable bonds is 6. The summed E-state index contributed by atoms with van der Waals surface area (Å²) in [5.41, 5.74) is 8.90. The van der Waals surface area contributed by atoms with Gasteiger partial charge in [0.15, 0.2) is 11.6 Å². The summed E-state index contributed by atoms with van der Waals surface area (Å²) in [5, 5.41) is 10.4. The summed E-state index contributed by atoms with van der Waals surface area (Å²) < 4.78 is 1.63. The van der Waals surface area contributed by atoms with Gasteiger partial charge in [0.2, 0.25) is 0 Å². The highest BCUT2D eigenvalue weighted by molar-refractivity contribution is 6.36. The number of anilines is 3. The molecule has 0 spiro atoms. The number of nitrogens with zero attached hydrogens (tertiary/aromatic N) is 4. The van der Waals surface area contributed by atoms with Crippen LogP contribution in [-0.4, -0.2) is 45.4 Å². The maximum absolute atomic E-state index is 13.4. The van der Waals surface area contributed by atoms with Crippen molar-refractivity contribution in [1.82, 2.24) is 19.5 Å². The summed E-state index contributed by atoms with van der Waals surface area (Å²) in [5.74, 6) is -0.0642. The number of ketones is 1. The van der Waals surface area contributed by atoms with E-state index in [9.17, 15) is 9.59 Å². The minimum atomic E-state index is -0.519. The Morgan fingerprint density at radius 2 is 1.88 bits per heavy atom. The largest absolute Gasteiger partial charge is 0.382 e. The number of nitrogens with two attached hydrogens (primary N) is 1. The minimum absolute atomic E-state index is 0.205. The number of fused-ring (bicyclic) bond motifs is 1. The van der Waals surface area contributed by atoms with Gasteiger partial charge < -0.3 is 21.3 Å². The van der Waals surface area contributed by atoms with E-state index < -0.39 is 6.03 Å². The van der Waals surface area contributed by atoms with E-state index in [4.69, 9.17) is 28.9 Å². The molecule has 2 heterocycles. The molecule has 174 valence electrons. The molecule has 4 aromatic rings. The fourth-order valence-corrected chi connectivity index (χ4v) is 3.97. The van der Waals surface area contributed by atoms with Crippen molar-refractivity contribution in [3.05, 3.63) is 81.7 Å². The Kier molecular flexibility index (Phi) is 6.69. The molecule has 9 nitrogen and oxygen atoms in total. The molecular weight excluding hydrogens is 477 g/mol. The van der Waals surface area contributed by atoms with Gasteiger partial charge in [-0.15, -0.1) is 0 Å². The monoisotopic (exact) mass is 497 g/mol. The van der Waals surface area contributed by atoms with E-state index in [1.54, 1.807) is 47.0 Å². The van der Waals surface area contributed by atoms with Crippen LogP contribution in [0.25, 0.3) is 5.52 Å². The van der Waals surface area contributed by atoms with Gasteiger partial charge >= 0.3 is 6.03 Å². The Bertz CT molecular complexity index is 1400. The fourth-order valence-electron chi connectivity index (χ4n) is 3.51. The van der Waals surface area contributed by atoms with E-state index in [0.29, 0.717) is 44.6 Å². The number of urea groups is 1. The van der Waals surface area contributed by atoms with E-state index >= 15 is 0 Å². The first-order chi connectivity index (χ1) is 16.2.